The molecule has 1 aromatic carbocycles. The Hall–Kier alpha value is -1.31. The van der Waals surface area contributed by atoms with Crippen LogP contribution in [-0.4, -0.2) is 46.1 Å². The molecule has 0 radical (unpaired) electrons. The molecule has 0 bridgehead atoms. The van der Waals surface area contributed by atoms with Gasteiger partial charge >= 0.3 is 0 Å². The monoisotopic (exact) mass is 340 g/mol. The maximum Gasteiger partial charge on any atom is 0.243 e. The van der Waals surface area contributed by atoms with Crippen molar-refractivity contribution >= 4 is 10.0 Å². The lowest BCUT2D eigenvalue weighted by molar-refractivity contribution is 0.353. The van der Waals surface area contributed by atoms with Gasteiger partial charge in [0, 0.05) is 25.2 Å². The summed E-state index contributed by atoms with van der Waals surface area (Å²) in [5.74, 6) is 1.63. The van der Waals surface area contributed by atoms with E-state index in [1.165, 1.54) is 14.2 Å². The fourth-order valence-corrected chi connectivity index (χ4v) is 5.60. The highest BCUT2D eigenvalue weighted by Crippen LogP contribution is 2.41. The first kappa shape index (κ1) is 16.5. The quantitative estimate of drug-likeness (QED) is 0.895. The Morgan fingerprint density at radius 2 is 1.78 bits per heavy atom. The second kappa shape index (κ2) is 5.96. The number of nitrogens with two attached hydrogens (primary N) is 1. The van der Waals surface area contributed by atoms with Gasteiger partial charge in [0.1, 0.15) is 0 Å². The van der Waals surface area contributed by atoms with Crippen LogP contribution in [0.5, 0.6) is 11.5 Å². The number of nitrogens with zero attached hydrogens (tertiary/aromatic N) is 1. The molecule has 128 valence electrons. The lowest BCUT2D eigenvalue weighted by Crippen LogP contribution is -2.33. The van der Waals surface area contributed by atoms with Crippen LogP contribution in [0.4, 0.5) is 0 Å². The lowest BCUT2D eigenvalue weighted by Gasteiger charge is -2.21. The van der Waals surface area contributed by atoms with Crippen LogP contribution in [0.25, 0.3) is 0 Å². The number of ether oxygens (including phenoxy) is 2. The Morgan fingerprint density at radius 3 is 2.39 bits per heavy atom. The number of hydrogen-bond donors (Lipinski definition) is 1. The molecule has 3 atom stereocenters. The molecule has 1 aromatic rings. The Bertz CT molecular complexity index is 704. The first-order valence-corrected chi connectivity index (χ1v) is 9.30. The van der Waals surface area contributed by atoms with E-state index in [2.05, 4.69) is 0 Å². The third kappa shape index (κ3) is 2.70. The zero-order valence-corrected chi connectivity index (χ0v) is 14.6. The fraction of sp³-hybridized carbons (Fsp3) is 0.625. The van der Waals surface area contributed by atoms with Gasteiger partial charge in [0.25, 0.3) is 0 Å². The molecule has 0 amide bonds. The predicted octanol–water partition coefficient (Wildman–Crippen LogP) is 1.37. The van der Waals surface area contributed by atoms with Crippen molar-refractivity contribution < 1.29 is 17.9 Å². The molecule has 1 saturated carbocycles. The maximum absolute atomic E-state index is 13.0. The van der Waals surface area contributed by atoms with E-state index in [9.17, 15) is 8.42 Å². The van der Waals surface area contributed by atoms with Crippen molar-refractivity contribution in [2.24, 2.45) is 17.6 Å². The summed E-state index contributed by atoms with van der Waals surface area (Å²) in [7, 11) is -0.511. The van der Waals surface area contributed by atoms with E-state index in [4.69, 9.17) is 15.2 Å². The number of hydrogen-bond acceptors (Lipinski definition) is 5. The fourth-order valence-electron chi connectivity index (χ4n) is 3.84. The SMILES string of the molecule is COc1cc(C)c(S(=O)(=O)N2CC3CCC(N)C3C2)cc1OC. The van der Waals surface area contributed by atoms with E-state index in [1.807, 2.05) is 0 Å². The van der Waals surface area contributed by atoms with E-state index in [0.29, 0.717) is 36.1 Å². The summed E-state index contributed by atoms with van der Waals surface area (Å²) in [4.78, 5) is 0.281. The topological polar surface area (TPSA) is 81.9 Å². The molecule has 3 unspecified atom stereocenters. The third-order valence-electron chi connectivity index (χ3n) is 5.18. The molecule has 3 rings (SSSR count). The molecule has 7 heteroatoms. The van der Waals surface area contributed by atoms with Crippen LogP contribution in [-0.2, 0) is 10.0 Å². The first-order valence-electron chi connectivity index (χ1n) is 7.86. The largest absolute Gasteiger partial charge is 0.493 e. The van der Waals surface area contributed by atoms with Crippen molar-refractivity contribution in [3.8, 4) is 11.5 Å². The molecular weight excluding hydrogens is 316 g/mol. The van der Waals surface area contributed by atoms with Gasteiger partial charge in [-0.2, -0.15) is 4.31 Å². The predicted molar refractivity (Wildman–Crippen MR) is 87.2 cm³/mol. The summed E-state index contributed by atoms with van der Waals surface area (Å²) >= 11 is 0. The van der Waals surface area contributed by atoms with Crippen LogP contribution in [0.2, 0.25) is 0 Å². The van der Waals surface area contributed by atoms with Gasteiger partial charge in [-0.05, 0) is 43.2 Å². The number of benzene rings is 1. The standard InChI is InChI=1S/C16H24N2O4S/c1-10-6-14(21-2)15(22-3)7-16(10)23(19,20)18-8-11-4-5-13(17)12(11)9-18/h6-7,11-13H,4-5,8-9,17H2,1-3H3. The molecule has 1 aliphatic heterocycles. The van der Waals surface area contributed by atoms with Crippen molar-refractivity contribution in [3.63, 3.8) is 0 Å². The summed E-state index contributed by atoms with van der Waals surface area (Å²) < 4.78 is 38.2. The van der Waals surface area contributed by atoms with Crippen LogP contribution in [0.15, 0.2) is 17.0 Å². The Labute approximate surface area is 137 Å². The number of aryl methyl sites for hydroxylation is 1. The average molecular weight is 340 g/mol. The zero-order valence-electron chi connectivity index (χ0n) is 13.8. The Kier molecular flexibility index (Phi) is 4.29. The molecule has 1 heterocycles. The van der Waals surface area contributed by atoms with Crippen molar-refractivity contribution in [1.82, 2.24) is 4.31 Å². The van der Waals surface area contributed by atoms with Crippen LogP contribution in [0.1, 0.15) is 18.4 Å². The summed E-state index contributed by atoms with van der Waals surface area (Å²) in [5.41, 5.74) is 6.78. The summed E-state index contributed by atoms with van der Waals surface area (Å²) in [5, 5.41) is 0. The van der Waals surface area contributed by atoms with Crippen LogP contribution in [0.3, 0.4) is 0 Å². The number of fused-ring (bicyclic) bond motifs is 1. The molecule has 1 saturated heterocycles. The van der Waals surface area contributed by atoms with E-state index in [1.54, 1.807) is 23.4 Å². The number of rotatable bonds is 4. The van der Waals surface area contributed by atoms with E-state index in [-0.39, 0.29) is 16.9 Å². The second-order valence-electron chi connectivity index (χ2n) is 6.46. The highest BCUT2D eigenvalue weighted by molar-refractivity contribution is 7.89. The van der Waals surface area contributed by atoms with Gasteiger partial charge in [0.2, 0.25) is 10.0 Å². The molecule has 23 heavy (non-hydrogen) atoms. The summed E-state index contributed by atoms with van der Waals surface area (Å²) in [6.07, 6.45) is 2.02. The molecule has 1 aliphatic carbocycles. The molecule has 2 fully saturated rings. The number of sulfonamides is 1. The zero-order chi connectivity index (χ0) is 16.8. The van der Waals surface area contributed by atoms with Gasteiger partial charge < -0.3 is 15.2 Å². The third-order valence-corrected chi connectivity index (χ3v) is 7.15. The van der Waals surface area contributed by atoms with Crippen LogP contribution >= 0.6 is 0 Å². The van der Waals surface area contributed by atoms with Gasteiger partial charge in [-0.1, -0.05) is 0 Å². The minimum Gasteiger partial charge on any atom is -0.493 e. The van der Waals surface area contributed by atoms with Crippen molar-refractivity contribution in [2.75, 3.05) is 27.3 Å². The van der Waals surface area contributed by atoms with Gasteiger partial charge in [-0.15, -0.1) is 0 Å². The summed E-state index contributed by atoms with van der Waals surface area (Å²) in [6.45, 7) is 2.86. The highest BCUT2D eigenvalue weighted by Gasteiger charge is 2.45. The van der Waals surface area contributed by atoms with Gasteiger partial charge in [0.15, 0.2) is 11.5 Å². The molecule has 0 spiro atoms. The molecule has 6 nitrogen and oxygen atoms in total. The van der Waals surface area contributed by atoms with E-state index >= 15 is 0 Å². The Morgan fingerprint density at radius 1 is 1.13 bits per heavy atom. The minimum atomic E-state index is -3.55. The van der Waals surface area contributed by atoms with E-state index in [0.717, 1.165) is 12.8 Å². The van der Waals surface area contributed by atoms with Gasteiger partial charge in [-0.25, -0.2) is 8.42 Å². The van der Waals surface area contributed by atoms with Gasteiger partial charge in [0.05, 0.1) is 19.1 Å². The summed E-state index contributed by atoms with van der Waals surface area (Å²) in [6, 6.07) is 3.37. The van der Waals surface area contributed by atoms with Gasteiger partial charge in [-0.3, -0.25) is 0 Å². The van der Waals surface area contributed by atoms with Crippen LogP contribution < -0.4 is 15.2 Å². The van der Waals surface area contributed by atoms with Crippen molar-refractivity contribution in [1.29, 1.82) is 0 Å². The normalized spacial score (nSPS) is 27.9. The van der Waals surface area contributed by atoms with Crippen LogP contribution in [0, 0.1) is 18.8 Å². The number of methoxy groups -OCH3 is 2. The average Bonchev–Trinajstić information content (AvgIpc) is 3.09. The molecule has 2 N–H and O–H groups in total. The minimum absolute atomic E-state index is 0.117. The Balaban J connectivity index is 1.94. The highest BCUT2D eigenvalue weighted by atomic mass is 32.2. The second-order valence-corrected chi connectivity index (χ2v) is 8.37. The maximum atomic E-state index is 13.0. The smallest absolute Gasteiger partial charge is 0.243 e. The van der Waals surface area contributed by atoms with Crippen molar-refractivity contribution in [3.05, 3.63) is 17.7 Å². The first-order chi connectivity index (χ1) is 10.9. The molecule has 2 aliphatic rings. The molecule has 0 aromatic heterocycles. The van der Waals surface area contributed by atoms with E-state index < -0.39 is 10.0 Å². The van der Waals surface area contributed by atoms with Crippen molar-refractivity contribution in [2.45, 2.75) is 30.7 Å². The lowest BCUT2D eigenvalue weighted by atomic mass is 9.98. The molecular formula is C16H24N2O4S.